The smallest absolute Gasteiger partial charge is 0.191 e. The molecule has 3 fully saturated rings. The van der Waals surface area contributed by atoms with E-state index in [1.165, 1.54) is 19.3 Å². The Labute approximate surface area is 176 Å². The average Bonchev–Trinajstić information content (AvgIpc) is 3.36. The minimum atomic E-state index is 0. The molecule has 7 heteroatoms. The lowest BCUT2D eigenvalue weighted by molar-refractivity contribution is -0.0165. The van der Waals surface area contributed by atoms with Crippen molar-refractivity contribution in [1.29, 1.82) is 0 Å². The van der Waals surface area contributed by atoms with Crippen molar-refractivity contribution in [2.75, 3.05) is 39.4 Å². The van der Waals surface area contributed by atoms with E-state index >= 15 is 0 Å². The summed E-state index contributed by atoms with van der Waals surface area (Å²) in [6.45, 7) is 14.6. The first kappa shape index (κ1) is 22.2. The SMILES string of the molecule is CCNC(=NCC(C)N1CCOCC1C)NC1CC(C)N(C2CC2)C1.I. The van der Waals surface area contributed by atoms with Gasteiger partial charge in [0.1, 0.15) is 0 Å². The number of guanidine groups is 1. The molecular formula is C19H38IN5O. The van der Waals surface area contributed by atoms with E-state index in [0.29, 0.717) is 24.2 Å². The molecule has 1 saturated carbocycles. The number of morpholine rings is 1. The third-order valence-corrected chi connectivity index (χ3v) is 5.82. The lowest BCUT2D eigenvalue weighted by atomic mass is 10.2. The zero-order valence-corrected chi connectivity index (χ0v) is 19.2. The quantitative estimate of drug-likeness (QED) is 0.346. The molecule has 3 rings (SSSR count). The molecule has 152 valence electrons. The van der Waals surface area contributed by atoms with Gasteiger partial charge < -0.3 is 15.4 Å². The number of hydrogen-bond acceptors (Lipinski definition) is 4. The minimum absolute atomic E-state index is 0. The van der Waals surface area contributed by atoms with Gasteiger partial charge in [-0.15, -0.1) is 24.0 Å². The van der Waals surface area contributed by atoms with Crippen LogP contribution in [-0.2, 0) is 4.74 Å². The van der Waals surface area contributed by atoms with Crippen LogP contribution in [0.1, 0.15) is 47.0 Å². The van der Waals surface area contributed by atoms with Crippen LogP contribution in [0.2, 0.25) is 0 Å². The summed E-state index contributed by atoms with van der Waals surface area (Å²) in [6.07, 6.45) is 4.00. The standard InChI is InChI=1S/C19H37N5O.HI/c1-5-20-19(21-11-15(3)23-8-9-25-13-16(23)4)22-17-10-14(2)24(12-17)18-6-7-18;/h14-18H,5-13H2,1-4H3,(H2,20,21,22);1H. The van der Waals surface area contributed by atoms with Gasteiger partial charge in [-0.1, -0.05) is 0 Å². The van der Waals surface area contributed by atoms with E-state index in [-0.39, 0.29) is 24.0 Å². The zero-order valence-electron chi connectivity index (χ0n) is 16.9. The van der Waals surface area contributed by atoms with Crippen LogP contribution in [0.15, 0.2) is 4.99 Å². The molecule has 0 aromatic carbocycles. The van der Waals surface area contributed by atoms with Crippen molar-refractivity contribution in [3.63, 3.8) is 0 Å². The van der Waals surface area contributed by atoms with Gasteiger partial charge in [-0.2, -0.15) is 0 Å². The Kier molecular flexibility index (Phi) is 8.90. The van der Waals surface area contributed by atoms with Crippen molar-refractivity contribution in [3.05, 3.63) is 0 Å². The normalized spacial score (nSPS) is 32.2. The first-order valence-corrected chi connectivity index (χ1v) is 10.2. The number of hydrogen-bond donors (Lipinski definition) is 2. The second-order valence-corrected chi connectivity index (χ2v) is 8.08. The highest BCUT2D eigenvalue weighted by atomic mass is 127. The lowest BCUT2D eigenvalue weighted by Gasteiger charge is -2.37. The molecule has 0 amide bonds. The minimum Gasteiger partial charge on any atom is -0.379 e. The number of aliphatic imine (C=N–C) groups is 1. The van der Waals surface area contributed by atoms with Crippen LogP contribution in [0, 0.1) is 0 Å². The molecule has 4 atom stereocenters. The molecule has 2 aliphatic heterocycles. The fraction of sp³-hybridized carbons (Fsp3) is 0.947. The van der Waals surface area contributed by atoms with E-state index in [0.717, 1.165) is 51.4 Å². The number of ether oxygens (including phenoxy) is 1. The van der Waals surface area contributed by atoms with Gasteiger partial charge in [0.2, 0.25) is 0 Å². The first-order chi connectivity index (χ1) is 12.1. The van der Waals surface area contributed by atoms with E-state index < -0.39 is 0 Å². The summed E-state index contributed by atoms with van der Waals surface area (Å²) in [5.74, 6) is 0.977. The maximum Gasteiger partial charge on any atom is 0.191 e. The van der Waals surface area contributed by atoms with Crippen molar-refractivity contribution in [1.82, 2.24) is 20.4 Å². The van der Waals surface area contributed by atoms with Crippen LogP contribution in [-0.4, -0.2) is 85.4 Å². The van der Waals surface area contributed by atoms with Crippen molar-refractivity contribution >= 4 is 29.9 Å². The first-order valence-electron chi connectivity index (χ1n) is 10.2. The molecular weight excluding hydrogens is 441 g/mol. The second kappa shape index (κ2) is 10.4. The molecule has 4 unspecified atom stereocenters. The molecule has 26 heavy (non-hydrogen) atoms. The molecule has 0 spiro atoms. The molecule has 0 bridgehead atoms. The third-order valence-electron chi connectivity index (χ3n) is 5.82. The van der Waals surface area contributed by atoms with Crippen LogP contribution in [0.5, 0.6) is 0 Å². The molecule has 0 radical (unpaired) electrons. The van der Waals surface area contributed by atoms with E-state index in [1.54, 1.807) is 0 Å². The Morgan fingerprint density at radius 3 is 2.69 bits per heavy atom. The molecule has 6 nitrogen and oxygen atoms in total. The van der Waals surface area contributed by atoms with Gasteiger partial charge in [-0.3, -0.25) is 14.8 Å². The van der Waals surface area contributed by atoms with E-state index in [4.69, 9.17) is 9.73 Å². The van der Waals surface area contributed by atoms with Crippen molar-refractivity contribution in [2.24, 2.45) is 4.99 Å². The Morgan fingerprint density at radius 2 is 2.04 bits per heavy atom. The van der Waals surface area contributed by atoms with E-state index in [1.807, 2.05) is 0 Å². The zero-order chi connectivity index (χ0) is 17.8. The monoisotopic (exact) mass is 479 g/mol. The predicted molar refractivity (Wildman–Crippen MR) is 119 cm³/mol. The van der Waals surface area contributed by atoms with Gasteiger partial charge in [0, 0.05) is 49.8 Å². The van der Waals surface area contributed by atoms with Crippen molar-refractivity contribution in [2.45, 2.75) is 77.2 Å². The molecule has 0 aromatic rings. The topological polar surface area (TPSA) is 52.1 Å². The number of halogens is 1. The second-order valence-electron chi connectivity index (χ2n) is 8.08. The molecule has 1 aliphatic carbocycles. The van der Waals surface area contributed by atoms with Crippen LogP contribution in [0.4, 0.5) is 0 Å². The lowest BCUT2D eigenvalue weighted by Crippen LogP contribution is -2.50. The fourth-order valence-corrected chi connectivity index (χ4v) is 4.31. The van der Waals surface area contributed by atoms with Gasteiger partial charge in [0.25, 0.3) is 0 Å². The molecule has 0 aromatic heterocycles. The predicted octanol–water partition coefficient (Wildman–Crippen LogP) is 1.89. The van der Waals surface area contributed by atoms with Gasteiger partial charge in [0.05, 0.1) is 19.8 Å². The maximum atomic E-state index is 5.55. The Hall–Kier alpha value is -0.120. The summed E-state index contributed by atoms with van der Waals surface area (Å²) in [5.41, 5.74) is 0. The Bertz CT molecular complexity index is 459. The number of likely N-dealkylation sites (tertiary alicyclic amines) is 1. The van der Waals surface area contributed by atoms with E-state index in [2.05, 4.69) is 48.1 Å². The summed E-state index contributed by atoms with van der Waals surface area (Å²) in [4.78, 5) is 10.1. The Morgan fingerprint density at radius 1 is 1.27 bits per heavy atom. The van der Waals surface area contributed by atoms with Gasteiger partial charge >= 0.3 is 0 Å². The highest BCUT2D eigenvalue weighted by molar-refractivity contribution is 14.0. The summed E-state index contributed by atoms with van der Waals surface area (Å²) < 4.78 is 5.55. The van der Waals surface area contributed by atoms with E-state index in [9.17, 15) is 0 Å². The highest BCUT2D eigenvalue weighted by Crippen LogP contribution is 2.33. The van der Waals surface area contributed by atoms with Crippen molar-refractivity contribution in [3.8, 4) is 0 Å². The van der Waals surface area contributed by atoms with Crippen LogP contribution >= 0.6 is 24.0 Å². The summed E-state index contributed by atoms with van der Waals surface area (Å²) in [7, 11) is 0. The van der Waals surface area contributed by atoms with Gasteiger partial charge in [-0.25, -0.2) is 0 Å². The maximum absolute atomic E-state index is 5.55. The van der Waals surface area contributed by atoms with Crippen LogP contribution < -0.4 is 10.6 Å². The molecule has 2 saturated heterocycles. The largest absolute Gasteiger partial charge is 0.379 e. The summed E-state index contributed by atoms with van der Waals surface area (Å²) >= 11 is 0. The number of rotatable bonds is 6. The fourth-order valence-electron chi connectivity index (χ4n) is 4.31. The van der Waals surface area contributed by atoms with Crippen LogP contribution in [0.3, 0.4) is 0 Å². The Balaban J connectivity index is 0.00000243. The summed E-state index contributed by atoms with van der Waals surface area (Å²) in [5, 5.41) is 7.11. The number of nitrogens with one attached hydrogen (secondary N) is 2. The average molecular weight is 479 g/mol. The van der Waals surface area contributed by atoms with Crippen LogP contribution in [0.25, 0.3) is 0 Å². The van der Waals surface area contributed by atoms with Gasteiger partial charge in [0.15, 0.2) is 5.96 Å². The highest BCUT2D eigenvalue weighted by Gasteiger charge is 2.38. The molecule has 2 N–H and O–H groups in total. The van der Waals surface area contributed by atoms with Crippen molar-refractivity contribution < 1.29 is 4.74 Å². The molecule has 2 heterocycles. The third kappa shape index (κ3) is 5.94. The van der Waals surface area contributed by atoms with Gasteiger partial charge in [-0.05, 0) is 47.0 Å². The molecule has 3 aliphatic rings. The number of nitrogens with zero attached hydrogens (tertiary/aromatic N) is 3. The summed E-state index contributed by atoms with van der Waals surface area (Å²) in [6, 6.07) is 2.99.